The lowest BCUT2D eigenvalue weighted by molar-refractivity contribution is -0.218. The molecule has 1 aromatic carbocycles. The van der Waals surface area contributed by atoms with Crippen LogP contribution in [0.3, 0.4) is 0 Å². The number of methoxy groups -OCH3 is 1. The maximum Gasteiger partial charge on any atom is 0.357 e. The standard InChI is InChI=1S/C24H31N6O8P/c1-5-36-22(33)24(3,35-4)30(38-15-9-7-6-8-10-15)39(34)37-12-16-14(2)17(11-18(16)31)29-13-26-19-20(29)27-23(25)28-21(19)32/h6-10,13,16-18,31,39H,2,5,11-12H2,1,3-4H3,(H3,25,27,28,32)/t16?,17-,18-,24?/m0/s1. The molecule has 0 saturated heterocycles. The Labute approximate surface area is 224 Å². The lowest BCUT2D eigenvalue weighted by Gasteiger charge is -2.35. The van der Waals surface area contributed by atoms with Gasteiger partial charge in [0.1, 0.15) is 5.75 Å². The van der Waals surface area contributed by atoms with Crippen LogP contribution < -0.4 is 16.1 Å². The number of anilines is 1. The predicted molar refractivity (Wildman–Crippen MR) is 141 cm³/mol. The number of nitrogen functional groups attached to an aromatic ring is 1. The number of hydroxylamine groups is 1. The summed E-state index contributed by atoms with van der Waals surface area (Å²) in [7, 11) is -2.06. The summed E-state index contributed by atoms with van der Waals surface area (Å²) in [4.78, 5) is 42.2. The quantitative estimate of drug-likeness (QED) is 0.101. The van der Waals surface area contributed by atoms with Crippen LogP contribution in [-0.2, 0) is 23.4 Å². The van der Waals surface area contributed by atoms with Gasteiger partial charge in [-0.3, -0.25) is 14.3 Å². The van der Waals surface area contributed by atoms with Gasteiger partial charge in [0.25, 0.3) is 19.5 Å². The van der Waals surface area contributed by atoms with Gasteiger partial charge in [0.05, 0.1) is 31.7 Å². The SMILES string of the molecule is C=C1C(CO[PH](=O)N(Oc2ccccc2)C(C)(OC)C(=O)OCC)[C@@H](O)C[C@@H]1n1cnc2c(=O)[nH]c(N)nc21. The molecule has 1 aliphatic carbocycles. The number of benzene rings is 1. The maximum atomic E-state index is 13.5. The van der Waals surface area contributed by atoms with Crippen LogP contribution in [0.15, 0.2) is 53.6 Å². The summed E-state index contributed by atoms with van der Waals surface area (Å²) in [5.74, 6) is -1.26. The van der Waals surface area contributed by atoms with E-state index in [9.17, 15) is 19.3 Å². The van der Waals surface area contributed by atoms with E-state index < -0.39 is 43.5 Å². The number of hydrogen-bond donors (Lipinski definition) is 3. The number of ether oxygens (including phenoxy) is 2. The van der Waals surface area contributed by atoms with Crippen molar-refractivity contribution in [2.45, 2.75) is 38.1 Å². The normalized spacial score (nSPS) is 21.7. The van der Waals surface area contributed by atoms with E-state index in [1.807, 2.05) is 0 Å². The molecule has 0 amide bonds. The van der Waals surface area contributed by atoms with Gasteiger partial charge in [0, 0.05) is 13.0 Å². The van der Waals surface area contributed by atoms with E-state index in [1.54, 1.807) is 41.8 Å². The van der Waals surface area contributed by atoms with Crippen LogP contribution >= 0.6 is 8.18 Å². The summed E-state index contributed by atoms with van der Waals surface area (Å²) >= 11 is 0. The summed E-state index contributed by atoms with van der Waals surface area (Å²) in [5.41, 5.74) is 4.20. The molecule has 1 saturated carbocycles. The van der Waals surface area contributed by atoms with Crippen LogP contribution in [0.1, 0.15) is 26.3 Å². The number of aromatic nitrogens is 4. The molecule has 4 N–H and O–H groups in total. The monoisotopic (exact) mass is 562 g/mol. The van der Waals surface area contributed by atoms with Gasteiger partial charge < -0.3 is 34.2 Å². The lowest BCUT2D eigenvalue weighted by Crippen LogP contribution is -2.53. The van der Waals surface area contributed by atoms with E-state index in [0.29, 0.717) is 5.57 Å². The Bertz CT molecular complexity index is 1430. The number of H-pyrrole nitrogens is 1. The first-order chi connectivity index (χ1) is 18.6. The molecule has 0 aliphatic heterocycles. The third-order valence-corrected chi connectivity index (χ3v) is 7.81. The van der Waals surface area contributed by atoms with E-state index in [4.69, 9.17) is 24.6 Å². The third-order valence-electron chi connectivity index (χ3n) is 6.55. The Kier molecular flexibility index (Phi) is 8.52. The highest BCUT2D eigenvalue weighted by Crippen LogP contribution is 2.44. The summed E-state index contributed by atoms with van der Waals surface area (Å²) in [5, 5.41) is 10.8. The second-order valence-electron chi connectivity index (χ2n) is 8.96. The minimum absolute atomic E-state index is 0.0591. The van der Waals surface area contributed by atoms with Gasteiger partial charge in [-0.15, -0.1) is 0 Å². The van der Waals surface area contributed by atoms with Gasteiger partial charge in [-0.2, -0.15) is 4.98 Å². The average Bonchev–Trinajstić information content (AvgIpc) is 3.46. The molecular weight excluding hydrogens is 531 g/mol. The zero-order chi connectivity index (χ0) is 28.3. The van der Waals surface area contributed by atoms with Gasteiger partial charge in [-0.25, -0.2) is 9.78 Å². The number of aliphatic hydroxyl groups excluding tert-OH is 1. The van der Waals surface area contributed by atoms with Crippen molar-refractivity contribution < 1.29 is 33.3 Å². The van der Waals surface area contributed by atoms with Crippen LogP contribution in [0.4, 0.5) is 5.95 Å². The van der Waals surface area contributed by atoms with E-state index in [-0.39, 0.29) is 42.5 Å². The Morgan fingerprint density at radius 1 is 1.38 bits per heavy atom. The Morgan fingerprint density at radius 3 is 2.77 bits per heavy atom. The fourth-order valence-corrected chi connectivity index (χ4v) is 5.49. The topological polar surface area (TPSA) is 184 Å². The number of aromatic amines is 1. The number of hydrogen-bond acceptors (Lipinski definition) is 11. The first-order valence-electron chi connectivity index (χ1n) is 12.1. The molecule has 1 fully saturated rings. The zero-order valence-electron chi connectivity index (χ0n) is 21.7. The number of rotatable bonds is 11. The highest BCUT2D eigenvalue weighted by molar-refractivity contribution is 7.36. The van der Waals surface area contributed by atoms with Crippen molar-refractivity contribution in [1.82, 2.24) is 24.4 Å². The molecule has 39 heavy (non-hydrogen) atoms. The summed E-state index contributed by atoms with van der Waals surface area (Å²) in [6.07, 6.45) is 0.729. The predicted octanol–water partition coefficient (Wildman–Crippen LogP) is 1.81. The van der Waals surface area contributed by atoms with E-state index in [0.717, 1.165) is 4.83 Å². The number of fused-ring (bicyclic) bond motifs is 1. The number of aliphatic hydroxyl groups is 1. The fraction of sp³-hybridized carbons (Fsp3) is 0.417. The number of carbonyl (C=O) groups is 1. The number of carbonyl (C=O) groups excluding carboxylic acids is 1. The second kappa shape index (κ2) is 11.7. The Balaban J connectivity index is 1.54. The van der Waals surface area contributed by atoms with Gasteiger partial charge in [0.15, 0.2) is 11.2 Å². The number of nitrogens with one attached hydrogen (secondary N) is 1. The molecular formula is C24H31N6O8P. The molecule has 3 unspecified atom stereocenters. The minimum Gasteiger partial charge on any atom is -0.463 e. The van der Waals surface area contributed by atoms with Crippen LogP contribution in [0, 0.1) is 5.92 Å². The van der Waals surface area contributed by atoms with Gasteiger partial charge in [-0.1, -0.05) is 24.8 Å². The molecule has 2 aromatic heterocycles. The first-order valence-corrected chi connectivity index (χ1v) is 13.4. The smallest absolute Gasteiger partial charge is 0.357 e. The molecule has 15 heteroatoms. The molecule has 0 spiro atoms. The van der Waals surface area contributed by atoms with E-state index >= 15 is 0 Å². The van der Waals surface area contributed by atoms with Crippen LogP contribution in [0.5, 0.6) is 5.75 Å². The summed E-state index contributed by atoms with van der Waals surface area (Å²) < 4.78 is 31.3. The number of para-hydroxylation sites is 1. The first kappa shape index (κ1) is 28.5. The molecule has 2 heterocycles. The number of nitrogens with two attached hydrogens (primary N) is 1. The second-order valence-corrected chi connectivity index (χ2v) is 10.2. The van der Waals surface area contributed by atoms with Crippen LogP contribution in [0.25, 0.3) is 11.2 Å². The highest BCUT2D eigenvalue weighted by atomic mass is 31.1. The zero-order valence-corrected chi connectivity index (χ0v) is 22.7. The molecule has 5 atom stereocenters. The van der Waals surface area contributed by atoms with Crippen molar-refractivity contribution in [3.05, 3.63) is 59.2 Å². The van der Waals surface area contributed by atoms with Crippen LogP contribution in [0.2, 0.25) is 0 Å². The van der Waals surface area contributed by atoms with Gasteiger partial charge in [0.2, 0.25) is 5.95 Å². The minimum atomic E-state index is -3.32. The van der Waals surface area contributed by atoms with Crippen molar-refractivity contribution >= 4 is 31.3 Å². The average molecular weight is 563 g/mol. The summed E-state index contributed by atoms with van der Waals surface area (Å²) in [6.45, 7) is 6.94. The van der Waals surface area contributed by atoms with E-state index in [1.165, 1.54) is 20.4 Å². The third kappa shape index (κ3) is 5.60. The molecule has 0 bridgehead atoms. The molecule has 0 radical (unpaired) electrons. The van der Waals surface area contributed by atoms with Crippen molar-refractivity contribution in [3.63, 3.8) is 0 Å². The van der Waals surface area contributed by atoms with Gasteiger partial charge >= 0.3 is 5.97 Å². The Morgan fingerprint density at radius 2 is 2.10 bits per heavy atom. The lowest BCUT2D eigenvalue weighted by atomic mass is 10.0. The molecule has 1 aliphatic rings. The number of imidazole rings is 1. The molecule has 4 rings (SSSR count). The fourth-order valence-electron chi connectivity index (χ4n) is 4.34. The largest absolute Gasteiger partial charge is 0.463 e. The van der Waals surface area contributed by atoms with Crippen LogP contribution in [-0.4, -0.2) is 67.6 Å². The van der Waals surface area contributed by atoms with Crippen molar-refractivity contribution in [3.8, 4) is 5.75 Å². The molecule has 210 valence electrons. The summed E-state index contributed by atoms with van der Waals surface area (Å²) in [6, 6.07) is 7.92. The molecule has 14 nitrogen and oxygen atoms in total. The highest BCUT2D eigenvalue weighted by Gasteiger charge is 2.48. The van der Waals surface area contributed by atoms with Crippen molar-refractivity contribution in [2.24, 2.45) is 5.92 Å². The van der Waals surface area contributed by atoms with Crippen molar-refractivity contribution in [1.29, 1.82) is 0 Å². The molecule has 3 aromatic rings. The van der Waals surface area contributed by atoms with Gasteiger partial charge in [-0.05, 0) is 42.8 Å². The Hall–Kier alpha value is -3.55. The number of esters is 1. The van der Waals surface area contributed by atoms with E-state index in [2.05, 4.69) is 21.5 Å². The van der Waals surface area contributed by atoms with Crippen molar-refractivity contribution in [2.75, 3.05) is 26.1 Å². The number of nitrogens with zero attached hydrogens (tertiary/aromatic N) is 4. The maximum absolute atomic E-state index is 13.5.